The Hall–Kier alpha value is -1.36. The van der Waals surface area contributed by atoms with E-state index < -0.39 is 0 Å². The van der Waals surface area contributed by atoms with Crippen molar-refractivity contribution < 1.29 is 4.74 Å². The molecule has 0 amide bonds. The van der Waals surface area contributed by atoms with Gasteiger partial charge in [-0.15, -0.1) is 0 Å². The Kier molecular flexibility index (Phi) is 6.43. The molecule has 5 heteroatoms. The van der Waals surface area contributed by atoms with Crippen LogP contribution in [0.15, 0.2) is 29.3 Å². The molecule has 1 aliphatic rings. The third kappa shape index (κ3) is 4.83. The summed E-state index contributed by atoms with van der Waals surface area (Å²) in [7, 11) is 1.70. The highest BCUT2D eigenvalue weighted by Crippen LogP contribution is 2.36. The molecular formula is C17H27N3OS. The first-order valence-corrected chi connectivity index (χ1v) is 8.93. The number of para-hydroxylation sites is 1. The molecule has 2 N–H and O–H groups in total. The summed E-state index contributed by atoms with van der Waals surface area (Å²) >= 11 is 2.06. The Morgan fingerprint density at radius 1 is 1.36 bits per heavy atom. The maximum Gasteiger partial charge on any atom is 0.191 e. The van der Waals surface area contributed by atoms with Crippen LogP contribution in [0.3, 0.4) is 0 Å². The fourth-order valence-corrected chi connectivity index (χ4v) is 3.83. The number of hydrogen-bond donors (Lipinski definition) is 2. The Morgan fingerprint density at radius 3 is 2.86 bits per heavy atom. The van der Waals surface area contributed by atoms with Gasteiger partial charge in [-0.3, -0.25) is 0 Å². The lowest BCUT2D eigenvalue weighted by Gasteiger charge is -2.24. The van der Waals surface area contributed by atoms with Crippen LogP contribution in [0.5, 0.6) is 5.75 Å². The highest BCUT2D eigenvalue weighted by atomic mass is 32.2. The number of ether oxygens (including phenoxy) is 1. The number of rotatable bonds is 6. The summed E-state index contributed by atoms with van der Waals surface area (Å²) < 4.78 is 5.72. The van der Waals surface area contributed by atoms with Gasteiger partial charge < -0.3 is 15.4 Å². The molecule has 0 spiro atoms. The number of guanidine groups is 1. The van der Waals surface area contributed by atoms with Crippen molar-refractivity contribution >= 4 is 17.7 Å². The quantitative estimate of drug-likeness (QED) is 0.624. The predicted octanol–water partition coefficient (Wildman–Crippen LogP) is 3.04. The molecule has 1 aliphatic heterocycles. The van der Waals surface area contributed by atoms with E-state index in [9.17, 15) is 0 Å². The lowest BCUT2D eigenvalue weighted by Crippen LogP contribution is -2.43. The number of thioether (sulfide) groups is 1. The summed E-state index contributed by atoms with van der Waals surface area (Å²) in [6, 6.07) is 8.03. The molecule has 22 heavy (non-hydrogen) atoms. The van der Waals surface area contributed by atoms with Crippen LogP contribution in [-0.2, 0) is 6.54 Å². The standard InChI is InChI=1S/C17H27N3OS/c1-4-18-16(20-13-17(2)10-7-11-22-17)19-12-14-8-5-6-9-15(14)21-3/h5-6,8-9H,4,7,10-13H2,1-3H3,(H2,18,19,20). The number of nitrogens with one attached hydrogen (secondary N) is 2. The minimum Gasteiger partial charge on any atom is -0.496 e. The van der Waals surface area contributed by atoms with E-state index in [1.807, 2.05) is 18.2 Å². The van der Waals surface area contributed by atoms with E-state index in [0.29, 0.717) is 11.3 Å². The molecule has 122 valence electrons. The third-order valence-corrected chi connectivity index (χ3v) is 5.41. The van der Waals surface area contributed by atoms with E-state index >= 15 is 0 Å². The molecule has 4 nitrogen and oxygen atoms in total. The highest BCUT2D eigenvalue weighted by molar-refractivity contribution is 8.00. The zero-order chi connectivity index (χ0) is 15.8. The van der Waals surface area contributed by atoms with Crippen LogP contribution < -0.4 is 15.4 Å². The maximum absolute atomic E-state index is 5.38. The summed E-state index contributed by atoms with van der Waals surface area (Å²) in [5.74, 6) is 3.04. The second kappa shape index (κ2) is 8.32. The molecule has 0 aliphatic carbocycles. The number of aliphatic imine (C=N–C) groups is 1. The average molecular weight is 321 g/mol. The molecule has 1 heterocycles. The van der Waals surface area contributed by atoms with Gasteiger partial charge in [0.05, 0.1) is 13.7 Å². The first-order chi connectivity index (χ1) is 10.7. The molecule has 0 saturated carbocycles. The minimum atomic E-state index is 0.334. The normalized spacial score (nSPS) is 21.7. The van der Waals surface area contributed by atoms with E-state index in [2.05, 4.69) is 47.3 Å². The molecule has 0 radical (unpaired) electrons. The van der Waals surface area contributed by atoms with E-state index in [-0.39, 0.29) is 0 Å². The van der Waals surface area contributed by atoms with Gasteiger partial charge in [0, 0.05) is 23.4 Å². The number of nitrogens with zero attached hydrogens (tertiary/aromatic N) is 1. The zero-order valence-corrected chi connectivity index (χ0v) is 14.6. The molecule has 1 saturated heterocycles. The highest BCUT2D eigenvalue weighted by Gasteiger charge is 2.29. The van der Waals surface area contributed by atoms with Crippen molar-refractivity contribution in [3.8, 4) is 5.75 Å². The molecule has 1 fully saturated rings. The summed E-state index contributed by atoms with van der Waals surface area (Å²) in [6.07, 6.45) is 2.59. The summed E-state index contributed by atoms with van der Waals surface area (Å²) in [4.78, 5) is 4.69. The number of benzene rings is 1. The van der Waals surface area contributed by atoms with Crippen LogP contribution in [0.4, 0.5) is 0 Å². The van der Waals surface area contributed by atoms with Crippen molar-refractivity contribution in [2.45, 2.75) is 38.0 Å². The van der Waals surface area contributed by atoms with Crippen molar-refractivity contribution in [2.75, 3.05) is 26.0 Å². The molecule has 1 aromatic rings. The summed E-state index contributed by atoms with van der Waals surface area (Å²) in [6.45, 7) is 6.86. The SMILES string of the molecule is CCNC(=NCc1ccccc1OC)NCC1(C)CCCS1. The van der Waals surface area contributed by atoms with Crippen LogP contribution in [0.1, 0.15) is 32.3 Å². The van der Waals surface area contributed by atoms with E-state index in [1.54, 1.807) is 7.11 Å². The van der Waals surface area contributed by atoms with E-state index in [0.717, 1.165) is 30.4 Å². The molecule has 1 unspecified atom stereocenters. The van der Waals surface area contributed by atoms with Gasteiger partial charge in [0.1, 0.15) is 5.75 Å². The van der Waals surface area contributed by atoms with Gasteiger partial charge in [0.25, 0.3) is 0 Å². The number of methoxy groups -OCH3 is 1. The lowest BCUT2D eigenvalue weighted by atomic mass is 10.1. The van der Waals surface area contributed by atoms with Gasteiger partial charge in [0.15, 0.2) is 5.96 Å². The molecular weight excluding hydrogens is 294 g/mol. The Labute approximate surface area is 138 Å². The van der Waals surface area contributed by atoms with Crippen molar-refractivity contribution in [1.29, 1.82) is 0 Å². The third-order valence-electron chi connectivity index (χ3n) is 3.87. The molecule has 0 bridgehead atoms. The lowest BCUT2D eigenvalue weighted by molar-refractivity contribution is 0.410. The molecule has 1 atom stereocenters. The fraction of sp³-hybridized carbons (Fsp3) is 0.588. The van der Waals surface area contributed by atoms with Crippen molar-refractivity contribution in [2.24, 2.45) is 4.99 Å². The van der Waals surface area contributed by atoms with E-state index in [1.165, 1.54) is 18.6 Å². The van der Waals surface area contributed by atoms with Gasteiger partial charge in [-0.05, 0) is 38.5 Å². The van der Waals surface area contributed by atoms with Gasteiger partial charge >= 0.3 is 0 Å². The monoisotopic (exact) mass is 321 g/mol. The second-order valence-electron chi connectivity index (χ2n) is 5.76. The van der Waals surface area contributed by atoms with Crippen molar-refractivity contribution in [3.05, 3.63) is 29.8 Å². The largest absolute Gasteiger partial charge is 0.496 e. The molecule has 1 aromatic carbocycles. The van der Waals surface area contributed by atoms with Crippen LogP contribution in [0.25, 0.3) is 0 Å². The van der Waals surface area contributed by atoms with Crippen LogP contribution in [-0.4, -0.2) is 36.7 Å². The van der Waals surface area contributed by atoms with Gasteiger partial charge in [0.2, 0.25) is 0 Å². The minimum absolute atomic E-state index is 0.334. The van der Waals surface area contributed by atoms with Gasteiger partial charge in [-0.2, -0.15) is 11.8 Å². The van der Waals surface area contributed by atoms with Crippen LogP contribution >= 0.6 is 11.8 Å². The Morgan fingerprint density at radius 2 is 2.18 bits per heavy atom. The maximum atomic E-state index is 5.38. The number of hydrogen-bond acceptors (Lipinski definition) is 3. The molecule has 2 rings (SSSR count). The Balaban J connectivity index is 1.97. The van der Waals surface area contributed by atoms with Crippen molar-refractivity contribution in [3.63, 3.8) is 0 Å². The van der Waals surface area contributed by atoms with Crippen LogP contribution in [0, 0.1) is 0 Å². The predicted molar refractivity (Wildman–Crippen MR) is 95.9 cm³/mol. The average Bonchev–Trinajstić information content (AvgIpc) is 2.97. The van der Waals surface area contributed by atoms with Crippen molar-refractivity contribution in [1.82, 2.24) is 10.6 Å². The molecule has 0 aromatic heterocycles. The van der Waals surface area contributed by atoms with Crippen LogP contribution in [0.2, 0.25) is 0 Å². The van der Waals surface area contributed by atoms with E-state index in [4.69, 9.17) is 4.74 Å². The zero-order valence-electron chi connectivity index (χ0n) is 13.8. The summed E-state index contributed by atoms with van der Waals surface area (Å²) in [5.41, 5.74) is 1.10. The summed E-state index contributed by atoms with van der Waals surface area (Å²) in [5, 5.41) is 6.81. The Bertz CT molecular complexity index is 498. The van der Waals surface area contributed by atoms with Gasteiger partial charge in [-0.25, -0.2) is 4.99 Å². The van der Waals surface area contributed by atoms with Gasteiger partial charge in [-0.1, -0.05) is 18.2 Å². The second-order valence-corrected chi connectivity index (χ2v) is 7.45. The first kappa shape index (κ1) is 17.0. The smallest absolute Gasteiger partial charge is 0.191 e. The fourth-order valence-electron chi connectivity index (χ4n) is 2.59. The topological polar surface area (TPSA) is 45.7 Å². The first-order valence-electron chi connectivity index (χ1n) is 7.95.